The molecule has 0 unspecified atom stereocenters. The van der Waals surface area contributed by atoms with Crippen LogP contribution in [0, 0.1) is 0 Å². The van der Waals surface area contributed by atoms with Crippen molar-refractivity contribution in [3.8, 4) is 5.75 Å². The van der Waals surface area contributed by atoms with Gasteiger partial charge in [-0.25, -0.2) is 9.59 Å². The average Bonchev–Trinajstić information content (AvgIpc) is 2.46. The molecule has 6 nitrogen and oxygen atoms in total. The highest BCUT2D eigenvalue weighted by atomic mass is 16.6. The third-order valence-corrected chi connectivity index (χ3v) is 3.14. The van der Waals surface area contributed by atoms with E-state index in [9.17, 15) is 14.7 Å². The van der Waals surface area contributed by atoms with Gasteiger partial charge >= 0.3 is 12.1 Å². The van der Waals surface area contributed by atoms with Crippen LogP contribution in [0.3, 0.4) is 0 Å². The minimum atomic E-state index is -1.12. The molecule has 24 heavy (non-hydrogen) atoms. The van der Waals surface area contributed by atoms with Crippen LogP contribution in [0.1, 0.15) is 46.1 Å². The lowest BCUT2D eigenvalue weighted by Gasteiger charge is -2.22. The number of unbranched alkanes of at least 4 members (excludes halogenated alkanes) is 1. The lowest BCUT2D eigenvalue weighted by Crippen LogP contribution is -2.44. The summed E-state index contributed by atoms with van der Waals surface area (Å²) in [5.41, 5.74) is 0.0472. The summed E-state index contributed by atoms with van der Waals surface area (Å²) < 4.78 is 10.8. The molecular weight excluding hydrogens is 310 g/mol. The van der Waals surface area contributed by atoms with Crippen molar-refractivity contribution in [1.82, 2.24) is 5.32 Å². The van der Waals surface area contributed by atoms with E-state index in [2.05, 4.69) is 12.2 Å². The van der Waals surface area contributed by atoms with E-state index in [1.165, 1.54) is 0 Å². The number of para-hydroxylation sites is 1. The Hall–Kier alpha value is -2.24. The second kappa shape index (κ2) is 9.15. The summed E-state index contributed by atoms with van der Waals surface area (Å²) in [6.07, 6.45) is 1.31. The molecule has 2 N–H and O–H groups in total. The maximum absolute atomic E-state index is 11.8. The third-order valence-electron chi connectivity index (χ3n) is 3.14. The molecule has 0 radical (unpaired) electrons. The number of rotatable bonds is 8. The first-order chi connectivity index (χ1) is 11.2. The lowest BCUT2D eigenvalue weighted by molar-refractivity contribution is -0.139. The fourth-order valence-corrected chi connectivity index (χ4v) is 2.01. The molecule has 0 fully saturated rings. The topological polar surface area (TPSA) is 84.9 Å². The van der Waals surface area contributed by atoms with Crippen molar-refractivity contribution in [1.29, 1.82) is 0 Å². The first kappa shape index (κ1) is 19.8. The number of hydrogen-bond acceptors (Lipinski definition) is 4. The van der Waals surface area contributed by atoms with Crippen molar-refractivity contribution in [2.45, 2.75) is 58.6 Å². The van der Waals surface area contributed by atoms with Crippen molar-refractivity contribution < 1.29 is 24.2 Å². The van der Waals surface area contributed by atoms with Crippen LogP contribution >= 0.6 is 0 Å². The number of ether oxygens (including phenoxy) is 2. The van der Waals surface area contributed by atoms with Gasteiger partial charge in [-0.2, -0.15) is 0 Å². The highest BCUT2D eigenvalue weighted by Crippen LogP contribution is 2.20. The van der Waals surface area contributed by atoms with Gasteiger partial charge in [-0.05, 0) is 38.8 Å². The number of carbonyl (C=O) groups is 2. The van der Waals surface area contributed by atoms with Crippen molar-refractivity contribution in [3.05, 3.63) is 29.8 Å². The Labute approximate surface area is 143 Å². The van der Waals surface area contributed by atoms with Crippen LogP contribution in [-0.4, -0.2) is 35.4 Å². The number of carboxylic acids is 1. The summed E-state index contributed by atoms with van der Waals surface area (Å²) >= 11 is 0. The molecule has 0 aromatic heterocycles. The quantitative estimate of drug-likeness (QED) is 0.710. The summed E-state index contributed by atoms with van der Waals surface area (Å²) in [5.74, 6) is -0.479. The van der Waals surface area contributed by atoms with Crippen LogP contribution < -0.4 is 10.1 Å². The summed E-state index contributed by atoms with van der Waals surface area (Å²) in [4.78, 5) is 23.3. The van der Waals surface area contributed by atoms with Crippen LogP contribution in [0.5, 0.6) is 5.75 Å². The predicted octanol–water partition coefficient (Wildman–Crippen LogP) is 3.39. The standard InChI is InChI=1S/C18H27NO5/c1-5-6-11-23-15-10-8-7-9-13(15)12-14(16(20)21)19-17(22)24-18(2,3)4/h7-10,14H,5-6,11-12H2,1-4H3,(H,19,22)(H,20,21)/t14-/m1/s1. The Bertz CT molecular complexity index is 551. The molecule has 0 spiro atoms. The molecule has 1 rings (SSSR count). The summed E-state index contributed by atoms with van der Waals surface area (Å²) in [6, 6.07) is 6.16. The minimum absolute atomic E-state index is 0.122. The largest absolute Gasteiger partial charge is 0.493 e. The Morgan fingerprint density at radius 1 is 1.25 bits per heavy atom. The van der Waals surface area contributed by atoms with Crippen LogP contribution in [-0.2, 0) is 16.0 Å². The van der Waals surface area contributed by atoms with Crippen molar-refractivity contribution in [2.75, 3.05) is 6.61 Å². The van der Waals surface area contributed by atoms with Crippen LogP contribution in [0.2, 0.25) is 0 Å². The van der Waals surface area contributed by atoms with Crippen LogP contribution in [0.4, 0.5) is 4.79 Å². The maximum Gasteiger partial charge on any atom is 0.408 e. The Balaban J connectivity index is 2.78. The van der Waals surface area contributed by atoms with E-state index in [0.29, 0.717) is 12.4 Å². The van der Waals surface area contributed by atoms with E-state index in [4.69, 9.17) is 9.47 Å². The molecule has 1 amide bonds. The van der Waals surface area contributed by atoms with Gasteiger partial charge in [-0.15, -0.1) is 0 Å². The second-order valence-electron chi connectivity index (χ2n) is 6.55. The van der Waals surface area contributed by atoms with Crippen LogP contribution in [0.25, 0.3) is 0 Å². The van der Waals surface area contributed by atoms with Gasteiger partial charge in [-0.3, -0.25) is 0 Å². The Morgan fingerprint density at radius 3 is 2.50 bits per heavy atom. The highest BCUT2D eigenvalue weighted by Gasteiger charge is 2.25. The maximum atomic E-state index is 11.8. The molecular formula is C18H27NO5. The second-order valence-corrected chi connectivity index (χ2v) is 6.55. The van der Waals surface area contributed by atoms with Gasteiger partial charge < -0.3 is 19.9 Å². The summed E-state index contributed by atoms with van der Waals surface area (Å²) in [7, 11) is 0. The monoisotopic (exact) mass is 337 g/mol. The fraction of sp³-hybridized carbons (Fsp3) is 0.556. The average molecular weight is 337 g/mol. The van der Waals surface area contributed by atoms with E-state index in [0.717, 1.165) is 18.4 Å². The number of aliphatic carboxylic acids is 1. The molecule has 0 bridgehead atoms. The van der Waals surface area contributed by atoms with Crippen LogP contribution in [0.15, 0.2) is 24.3 Å². The molecule has 0 aliphatic heterocycles. The first-order valence-electron chi connectivity index (χ1n) is 8.16. The van der Waals surface area contributed by atoms with Gasteiger partial charge in [0.05, 0.1) is 6.61 Å². The predicted molar refractivity (Wildman–Crippen MR) is 91.3 cm³/mol. The first-order valence-corrected chi connectivity index (χ1v) is 8.16. The van der Waals surface area contributed by atoms with Crippen molar-refractivity contribution in [2.24, 2.45) is 0 Å². The molecule has 6 heteroatoms. The zero-order chi connectivity index (χ0) is 18.2. The Morgan fingerprint density at radius 2 is 1.92 bits per heavy atom. The van der Waals surface area contributed by atoms with Gasteiger partial charge in [0.2, 0.25) is 0 Å². The van der Waals surface area contributed by atoms with Gasteiger partial charge in [-0.1, -0.05) is 31.5 Å². The number of carboxylic acid groups (broad SMARTS) is 1. The van der Waals surface area contributed by atoms with Crippen molar-refractivity contribution in [3.63, 3.8) is 0 Å². The molecule has 1 atom stereocenters. The number of carbonyl (C=O) groups excluding carboxylic acids is 1. The smallest absolute Gasteiger partial charge is 0.408 e. The third kappa shape index (κ3) is 7.35. The molecule has 0 aliphatic carbocycles. The highest BCUT2D eigenvalue weighted by molar-refractivity contribution is 5.80. The van der Waals surface area contributed by atoms with Crippen molar-refractivity contribution >= 4 is 12.1 Å². The van der Waals surface area contributed by atoms with Gasteiger partial charge in [0.15, 0.2) is 0 Å². The van der Waals surface area contributed by atoms with Gasteiger partial charge in [0, 0.05) is 6.42 Å². The summed E-state index contributed by atoms with van der Waals surface area (Å²) in [6.45, 7) is 7.81. The lowest BCUT2D eigenvalue weighted by atomic mass is 10.0. The van der Waals surface area contributed by atoms with E-state index >= 15 is 0 Å². The SMILES string of the molecule is CCCCOc1ccccc1C[C@@H](NC(=O)OC(C)(C)C)C(=O)O. The Kier molecular flexibility index (Phi) is 7.55. The minimum Gasteiger partial charge on any atom is -0.493 e. The number of hydrogen-bond donors (Lipinski definition) is 2. The van der Waals surface area contributed by atoms with Gasteiger partial charge in [0.25, 0.3) is 0 Å². The molecule has 1 aromatic rings. The number of alkyl carbamates (subject to hydrolysis) is 1. The molecule has 134 valence electrons. The van der Waals surface area contributed by atoms with E-state index in [1.54, 1.807) is 32.9 Å². The van der Waals surface area contributed by atoms with E-state index in [1.807, 2.05) is 12.1 Å². The number of amides is 1. The molecule has 1 aromatic carbocycles. The zero-order valence-electron chi connectivity index (χ0n) is 14.8. The fourth-order valence-electron chi connectivity index (χ4n) is 2.01. The van der Waals surface area contributed by atoms with Gasteiger partial charge in [0.1, 0.15) is 17.4 Å². The number of nitrogens with one attached hydrogen (secondary N) is 1. The molecule has 0 aliphatic rings. The zero-order valence-corrected chi connectivity index (χ0v) is 14.8. The number of benzene rings is 1. The van der Waals surface area contributed by atoms with E-state index < -0.39 is 23.7 Å². The molecule has 0 saturated heterocycles. The molecule has 0 saturated carbocycles. The van der Waals surface area contributed by atoms with E-state index in [-0.39, 0.29) is 6.42 Å². The summed E-state index contributed by atoms with van der Waals surface area (Å²) in [5, 5.41) is 11.8. The normalized spacial score (nSPS) is 12.3. The molecule has 0 heterocycles.